The molecule has 0 fully saturated rings. The van der Waals surface area contributed by atoms with Gasteiger partial charge in [-0.2, -0.15) is 9.50 Å². The van der Waals surface area contributed by atoms with Gasteiger partial charge in [-0.3, -0.25) is 9.59 Å². The molecule has 4 aromatic rings. The molecule has 7 nitrogen and oxygen atoms in total. The summed E-state index contributed by atoms with van der Waals surface area (Å²) in [5.74, 6) is 0.857. The number of hydrogen-bond donors (Lipinski definition) is 0. The van der Waals surface area contributed by atoms with Crippen LogP contribution in [0.25, 0.3) is 17.2 Å². The number of carbonyl (C=O) groups is 1. The molecule has 0 atom stereocenters. The Bertz CT molecular complexity index is 1370. The molecule has 2 aromatic heterocycles. The number of amides is 1. The van der Waals surface area contributed by atoms with Gasteiger partial charge >= 0.3 is 0 Å². The number of rotatable bonds is 3. The Morgan fingerprint density at radius 1 is 1.03 bits per heavy atom. The van der Waals surface area contributed by atoms with Gasteiger partial charge < -0.3 is 9.47 Å². The number of aromatic nitrogens is 4. The zero-order valence-electron chi connectivity index (χ0n) is 17.6. The molecule has 5 rings (SSSR count). The maximum absolute atomic E-state index is 13.1. The molecular formula is C24H23N5O2. The van der Waals surface area contributed by atoms with E-state index in [0.717, 1.165) is 17.5 Å². The van der Waals surface area contributed by atoms with Gasteiger partial charge in [0.2, 0.25) is 11.7 Å². The third-order valence-electron chi connectivity index (χ3n) is 5.85. The lowest BCUT2D eigenvalue weighted by molar-refractivity contribution is -0.132. The first-order chi connectivity index (χ1) is 15.0. The van der Waals surface area contributed by atoms with Crippen LogP contribution in [0, 0.1) is 13.8 Å². The van der Waals surface area contributed by atoms with E-state index < -0.39 is 0 Å². The van der Waals surface area contributed by atoms with Crippen LogP contribution in [-0.4, -0.2) is 36.5 Å². The van der Waals surface area contributed by atoms with Crippen LogP contribution in [0.5, 0.6) is 0 Å². The Labute approximate surface area is 179 Å². The molecule has 0 spiro atoms. The average molecular weight is 413 g/mol. The summed E-state index contributed by atoms with van der Waals surface area (Å²) in [6.45, 7) is 5.22. The number of nitrogens with zero attached hydrogens (tertiary/aromatic N) is 5. The lowest BCUT2D eigenvalue weighted by Crippen LogP contribution is -2.38. The van der Waals surface area contributed by atoms with Gasteiger partial charge in [-0.15, -0.1) is 5.10 Å². The lowest BCUT2D eigenvalue weighted by Gasteiger charge is -2.29. The topological polar surface area (TPSA) is 72.5 Å². The van der Waals surface area contributed by atoms with E-state index in [4.69, 9.17) is 0 Å². The van der Waals surface area contributed by atoms with Crippen molar-refractivity contribution in [1.82, 2.24) is 24.1 Å². The first-order valence-corrected chi connectivity index (χ1v) is 10.4. The van der Waals surface area contributed by atoms with Crippen molar-refractivity contribution in [2.45, 2.75) is 33.4 Å². The van der Waals surface area contributed by atoms with Crippen LogP contribution in [0.1, 0.15) is 22.4 Å². The van der Waals surface area contributed by atoms with E-state index >= 15 is 0 Å². The van der Waals surface area contributed by atoms with Gasteiger partial charge in [0.05, 0.1) is 0 Å². The molecule has 0 saturated carbocycles. The summed E-state index contributed by atoms with van der Waals surface area (Å²) in [7, 11) is 0. The van der Waals surface area contributed by atoms with Crippen molar-refractivity contribution >= 4 is 11.7 Å². The van der Waals surface area contributed by atoms with E-state index in [0.29, 0.717) is 30.4 Å². The predicted molar refractivity (Wildman–Crippen MR) is 118 cm³/mol. The molecule has 7 heteroatoms. The summed E-state index contributed by atoms with van der Waals surface area (Å²) in [5, 5.41) is 4.42. The van der Waals surface area contributed by atoms with E-state index in [1.807, 2.05) is 55.1 Å². The van der Waals surface area contributed by atoms with Crippen LogP contribution in [0.4, 0.5) is 0 Å². The minimum absolute atomic E-state index is 0.00302. The first-order valence-electron chi connectivity index (χ1n) is 10.4. The second kappa shape index (κ2) is 7.50. The van der Waals surface area contributed by atoms with Gasteiger partial charge in [0, 0.05) is 30.4 Å². The van der Waals surface area contributed by atoms with Crippen LogP contribution in [-0.2, 0) is 24.3 Å². The van der Waals surface area contributed by atoms with E-state index in [1.54, 1.807) is 4.57 Å². The van der Waals surface area contributed by atoms with Gasteiger partial charge in [0.15, 0.2) is 5.82 Å². The van der Waals surface area contributed by atoms with Gasteiger partial charge in [-0.1, -0.05) is 48.0 Å². The van der Waals surface area contributed by atoms with Crippen molar-refractivity contribution in [2.24, 2.45) is 0 Å². The molecule has 0 bridgehead atoms. The van der Waals surface area contributed by atoms with Crippen molar-refractivity contribution in [1.29, 1.82) is 0 Å². The monoisotopic (exact) mass is 413 g/mol. The second-order valence-corrected chi connectivity index (χ2v) is 8.06. The van der Waals surface area contributed by atoms with Crippen LogP contribution < -0.4 is 5.56 Å². The highest BCUT2D eigenvalue weighted by Crippen LogP contribution is 2.20. The summed E-state index contributed by atoms with van der Waals surface area (Å²) < 4.78 is 3.06. The predicted octanol–water partition coefficient (Wildman–Crippen LogP) is 2.76. The maximum atomic E-state index is 13.1. The smallest absolute Gasteiger partial charge is 0.275 e. The number of aryl methyl sites for hydroxylation is 2. The fourth-order valence-corrected chi connectivity index (χ4v) is 4.15. The zero-order valence-corrected chi connectivity index (χ0v) is 17.6. The largest absolute Gasteiger partial charge is 0.336 e. The van der Waals surface area contributed by atoms with Crippen molar-refractivity contribution in [3.63, 3.8) is 0 Å². The molecule has 1 aliphatic rings. The molecule has 0 N–H and O–H groups in total. The number of carbonyl (C=O) groups excluding carboxylic acids is 1. The highest BCUT2D eigenvalue weighted by atomic mass is 16.2. The standard InChI is InChI=1S/C24H23N5O2/c1-16-6-5-9-19(12-16)23-25-24-28(17(2)13-21(30)29(24)26-23)15-22(31)27-11-10-18-7-3-4-8-20(18)14-27/h3-9,12-13H,10-11,14-15H2,1-2H3. The van der Waals surface area contributed by atoms with Crippen molar-refractivity contribution in [2.75, 3.05) is 6.54 Å². The summed E-state index contributed by atoms with van der Waals surface area (Å²) in [6, 6.07) is 17.6. The van der Waals surface area contributed by atoms with Gasteiger partial charge in [0.1, 0.15) is 6.54 Å². The van der Waals surface area contributed by atoms with E-state index in [-0.39, 0.29) is 18.0 Å². The van der Waals surface area contributed by atoms with Gasteiger partial charge in [-0.05, 0) is 37.5 Å². The lowest BCUT2D eigenvalue weighted by atomic mass is 10.00. The molecule has 31 heavy (non-hydrogen) atoms. The van der Waals surface area contributed by atoms with Crippen molar-refractivity contribution < 1.29 is 4.79 Å². The molecule has 0 radical (unpaired) electrons. The van der Waals surface area contributed by atoms with Crippen LogP contribution in [0.15, 0.2) is 59.4 Å². The van der Waals surface area contributed by atoms with Crippen molar-refractivity contribution in [3.8, 4) is 11.4 Å². The molecule has 1 aliphatic heterocycles. The molecule has 0 saturated heterocycles. The molecule has 156 valence electrons. The van der Waals surface area contributed by atoms with E-state index in [9.17, 15) is 9.59 Å². The minimum atomic E-state index is -0.255. The van der Waals surface area contributed by atoms with E-state index in [1.165, 1.54) is 21.7 Å². The Kier molecular flexibility index (Phi) is 4.66. The molecule has 0 aliphatic carbocycles. The molecule has 0 unspecified atom stereocenters. The SMILES string of the molecule is Cc1cccc(-c2nc3n(CC(=O)N4CCc5ccccc5C4)c(C)cc(=O)n3n2)c1. The van der Waals surface area contributed by atoms with Gasteiger partial charge in [-0.25, -0.2) is 0 Å². The Balaban J connectivity index is 1.50. The summed E-state index contributed by atoms with van der Waals surface area (Å²) in [4.78, 5) is 32.2. The number of benzene rings is 2. The fourth-order valence-electron chi connectivity index (χ4n) is 4.15. The molecule has 3 heterocycles. The zero-order chi connectivity index (χ0) is 21.5. The third-order valence-corrected chi connectivity index (χ3v) is 5.85. The average Bonchev–Trinajstić information content (AvgIpc) is 3.22. The minimum Gasteiger partial charge on any atom is -0.336 e. The third kappa shape index (κ3) is 3.52. The number of hydrogen-bond acceptors (Lipinski definition) is 4. The molecular weight excluding hydrogens is 390 g/mol. The second-order valence-electron chi connectivity index (χ2n) is 8.06. The van der Waals surface area contributed by atoms with Crippen LogP contribution >= 0.6 is 0 Å². The van der Waals surface area contributed by atoms with Crippen LogP contribution in [0.2, 0.25) is 0 Å². The van der Waals surface area contributed by atoms with Crippen molar-refractivity contribution in [3.05, 3.63) is 87.3 Å². The summed E-state index contributed by atoms with van der Waals surface area (Å²) in [6.07, 6.45) is 0.850. The summed E-state index contributed by atoms with van der Waals surface area (Å²) >= 11 is 0. The van der Waals surface area contributed by atoms with Gasteiger partial charge in [0.25, 0.3) is 5.56 Å². The maximum Gasteiger partial charge on any atom is 0.275 e. The number of fused-ring (bicyclic) bond motifs is 2. The molecule has 1 amide bonds. The Hall–Kier alpha value is -3.74. The highest BCUT2D eigenvalue weighted by molar-refractivity contribution is 5.77. The first kappa shape index (κ1) is 19.2. The fraction of sp³-hybridized carbons (Fsp3) is 0.250. The Morgan fingerprint density at radius 2 is 1.84 bits per heavy atom. The normalized spacial score (nSPS) is 13.4. The van der Waals surface area contributed by atoms with E-state index in [2.05, 4.69) is 22.2 Å². The Morgan fingerprint density at radius 3 is 2.65 bits per heavy atom. The quantitative estimate of drug-likeness (QED) is 0.518. The molecule has 2 aromatic carbocycles. The van der Waals surface area contributed by atoms with Crippen LogP contribution in [0.3, 0.4) is 0 Å². The summed E-state index contributed by atoms with van der Waals surface area (Å²) in [5.41, 5.74) is 4.84. The highest BCUT2D eigenvalue weighted by Gasteiger charge is 2.22.